The van der Waals surface area contributed by atoms with Crippen LogP contribution >= 0.6 is 0 Å². The number of aromatic nitrogens is 2. The molecule has 1 fully saturated rings. The molecule has 5 heteroatoms. The Morgan fingerprint density at radius 2 is 2.06 bits per heavy atom. The van der Waals surface area contributed by atoms with Gasteiger partial charge in [0.25, 0.3) is 0 Å². The van der Waals surface area contributed by atoms with Gasteiger partial charge in [0.05, 0.1) is 0 Å². The molecule has 0 amide bonds. The molecule has 1 aliphatic rings. The number of esters is 1. The van der Waals surface area contributed by atoms with Crippen molar-refractivity contribution >= 4 is 11.8 Å². The van der Waals surface area contributed by atoms with Crippen LogP contribution < -0.4 is 5.73 Å². The summed E-state index contributed by atoms with van der Waals surface area (Å²) in [6.45, 7) is 2.11. The Balaban J connectivity index is 2.04. The lowest BCUT2D eigenvalue weighted by atomic mass is 9.88. The van der Waals surface area contributed by atoms with E-state index in [1.807, 2.05) is 0 Å². The van der Waals surface area contributed by atoms with Gasteiger partial charge in [-0.2, -0.15) is 0 Å². The zero-order valence-corrected chi connectivity index (χ0v) is 9.93. The average Bonchev–Trinajstić information content (AvgIpc) is 2.32. The fourth-order valence-electron chi connectivity index (χ4n) is 2.16. The van der Waals surface area contributed by atoms with Crippen molar-refractivity contribution in [1.82, 2.24) is 9.97 Å². The second-order valence-corrected chi connectivity index (χ2v) is 4.50. The van der Waals surface area contributed by atoms with Crippen LogP contribution in [-0.4, -0.2) is 22.0 Å². The molecule has 0 radical (unpaired) electrons. The van der Waals surface area contributed by atoms with Gasteiger partial charge in [-0.1, -0.05) is 13.3 Å². The number of carbonyl (C=O) groups excluding carboxylic acids is 1. The van der Waals surface area contributed by atoms with Crippen molar-refractivity contribution in [2.24, 2.45) is 5.92 Å². The highest BCUT2D eigenvalue weighted by Gasteiger charge is 2.26. The van der Waals surface area contributed by atoms with Crippen LogP contribution in [0.1, 0.15) is 43.1 Å². The highest BCUT2D eigenvalue weighted by Crippen LogP contribution is 2.27. The minimum atomic E-state index is -0.464. The highest BCUT2D eigenvalue weighted by molar-refractivity contribution is 5.91. The van der Waals surface area contributed by atoms with E-state index >= 15 is 0 Å². The smallest absolute Gasteiger partial charge is 0.361 e. The first kappa shape index (κ1) is 11.8. The third kappa shape index (κ3) is 2.72. The summed E-state index contributed by atoms with van der Waals surface area (Å²) in [6, 6.07) is 0. The van der Waals surface area contributed by atoms with Gasteiger partial charge in [0.15, 0.2) is 11.5 Å². The number of rotatable bonds is 2. The maximum atomic E-state index is 11.9. The van der Waals surface area contributed by atoms with E-state index in [0.717, 1.165) is 19.3 Å². The van der Waals surface area contributed by atoms with Crippen LogP contribution in [0.15, 0.2) is 12.4 Å². The molecule has 2 unspecified atom stereocenters. The maximum Gasteiger partial charge on any atom is 0.361 e. The Kier molecular flexibility index (Phi) is 3.56. The Hall–Kier alpha value is -1.65. The molecule has 1 aromatic rings. The lowest BCUT2D eigenvalue weighted by Crippen LogP contribution is -2.29. The molecule has 0 saturated heterocycles. The Morgan fingerprint density at radius 3 is 2.76 bits per heavy atom. The maximum absolute atomic E-state index is 11.9. The summed E-state index contributed by atoms with van der Waals surface area (Å²) in [6.07, 6.45) is 7.23. The number of ether oxygens (including phenoxy) is 1. The van der Waals surface area contributed by atoms with Crippen LogP contribution in [0.3, 0.4) is 0 Å². The third-order valence-corrected chi connectivity index (χ3v) is 3.21. The summed E-state index contributed by atoms with van der Waals surface area (Å²) in [5.41, 5.74) is 5.70. The molecule has 5 nitrogen and oxygen atoms in total. The van der Waals surface area contributed by atoms with Crippen LogP contribution in [0, 0.1) is 5.92 Å². The minimum Gasteiger partial charge on any atom is -0.457 e. The number of anilines is 1. The van der Waals surface area contributed by atoms with Gasteiger partial charge in [0.1, 0.15) is 6.10 Å². The van der Waals surface area contributed by atoms with Gasteiger partial charge in [-0.3, -0.25) is 0 Å². The topological polar surface area (TPSA) is 78.1 Å². The number of nitrogens with zero attached hydrogens (tertiary/aromatic N) is 2. The molecule has 1 saturated carbocycles. The molecule has 2 rings (SSSR count). The Labute approximate surface area is 100 Å². The fourth-order valence-corrected chi connectivity index (χ4v) is 2.16. The van der Waals surface area contributed by atoms with Gasteiger partial charge in [-0.05, 0) is 25.2 Å². The molecule has 1 aliphatic carbocycles. The van der Waals surface area contributed by atoms with E-state index in [9.17, 15) is 4.79 Å². The molecule has 0 aliphatic heterocycles. The normalized spacial score (nSPS) is 24.3. The molecule has 2 atom stereocenters. The van der Waals surface area contributed by atoms with Crippen LogP contribution in [-0.2, 0) is 4.74 Å². The van der Waals surface area contributed by atoms with E-state index in [1.165, 1.54) is 18.8 Å². The predicted molar refractivity (Wildman–Crippen MR) is 63.3 cm³/mol. The first-order valence-corrected chi connectivity index (χ1v) is 5.96. The number of nitrogen functional groups attached to an aromatic ring is 1. The number of hydrogen-bond acceptors (Lipinski definition) is 5. The second kappa shape index (κ2) is 5.12. The standard InChI is InChI=1S/C12H17N3O2/c1-8-4-2-3-5-9(8)17-12(16)10-11(13)15-7-6-14-10/h6-9H,2-5H2,1H3,(H2,13,15). The first-order chi connectivity index (χ1) is 8.18. The summed E-state index contributed by atoms with van der Waals surface area (Å²) >= 11 is 0. The Bertz CT molecular complexity index is 408. The number of nitrogens with two attached hydrogens (primary N) is 1. The van der Waals surface area contributed by atoms with Crippen LogP contribution in [0.5, 0.6) is 0 Å². The lowest BCUT2D eigenvalue weighted by Gasteiger charge is -2.28. The van der Waals surface area contributed by atoms with Crippen molar-refractivity contribution in [3.8, 4) is 0 Å². The van der Waals surface area contributed by atoms with Gasteiger partial charge in [0.2, 0.25) is 0 Å². The summed E-state index contributed by atoms with van der Waals surface area (Å²) in [7, 11) is 0. The molecule has 1 heterocycles. The summed E-state index contributed by atoms with van der Waals surface area (Å²) in [5.74, 6) is 0.0703. The van der Waals surface area contributed by atoms with Gasteiger partial charge < -0.3 is 10.5 Å². The van der Waals surface area contributed by atoms with Crippen LogP contribution in [0.25, 0.3) is 0 Å². The van der Waals surface area contributed by atoms with Crippen molar-refractivity contribution < 1.29 is 9.53 Å². The molecule has 0 aromatic carbocycles. The SMILES string of the molecule is CC1CCCCC1OC(=O)c1nccnc1N. The Morgan fingerprint density at radius 1 is 1.35 bits per heavy atom. The zero-order chi connectivity index (χ0) is 12.3. The molecular formula is C12H17N3O2. The van der Waals surface area contributed by atoms with E-state index in [0.29, 0.717) is 5.92 Å². The van der Waals surface area contributed by atoms with Gasteiger partial charge in [-0.25, -0.2) is 14.8 Å². The van der Waals surface area contributed by atoms with E-state index < -0.39 is 5.97 Å². The van der Waals surface area contributed by atoms with Crippen LogP contribution in [0.4, 0.5) is 5.82 Å². The second-order valence-electron chi connectivity index (χ2n) is 4.50. The van der Waals surface area contributed by atoms with Gasteiger partial charge >= 0.3 is 5.97 Å². The largest absolute Gasteiger partial charge is 0.457 e. The molecule has 92 valence electrons. The lowest BCUT2D eigenvalue weighted by molar-refractivity contribution is 0.00429. The molecule has 0 spiro atoms. The minimum absolute atomic E-state index is 0.0161. The van der Waals surface area contributed by atoms with Crippen molar-refractivity contribution in [1.29, 1.82) is 0 Å². The van der Waals surface area contributed by atoms with E-state index in [2.05, 4.69) is 16.9 Å². The summed E-state index contributed by atoms with van der Waals surface area (Å²) in [4.78, 5) is 19.6. The number of hydrogen-bond donors (Lipinski definition) is 1. The number of carbonyl (C=O) groups is 1. The van der Waals surface area contributed by atoms with E-state index in [4.69, 9.17) is 10.5 Å². The zero-order valence-electron chi connectivity index (χ0n) is 9.93. The van der Waals surface area contributed by atoms with Gasteiger partial charge in [-0.15, -0.1) is 0 Å². The third-order valence-electron chi connectivity index (χ3n) is 3.21. The quantitative estimate of drug-likeness (QED) is 0.791. The first-order valence-electron chi connectivity index (χ1n) is 5.96. The molecular weight excluding hydrogens is 218 g/mol. The van der Waals surface area contributed by atoms with Crippen molar-refractivity contribution in [2.75, 3.05) is 5.73 Å². The van der Waals surface area contributed by atoms with Gasteiger partial charge in [0, 0.05) is 12.4 Å². The van der Waals surface area contributed by atoms with Crippen molar-refractivity contribution in [2.45, 2.75) is 38.7 Å². The average molecular weight is 235 g/mol. The van der Waals surface area contributed by atoms with E-state index in [1.54, 1.807) is 0 Å². The van der Waals surface area contributed by atoms with Crippen molar-refractivity contribution in [3.05, 3.63) is 18.1 Å². The molecule has 17 heavy (non-hydrogen) atoms. The van der Waals surface area contributed by atoms with E-state index in [-0.39, 0.29) is 17.6 Å². The molecule has 1 aromatic heterocycles. The fraction of sp³-hybridized carbons (Fsp3) is 0.583. The molecule has 2 N–H and O–H groups in total. The predicted octanol–water partition coefficient (Wildman–Crippen LogP) is 1.79. The molecule has 0 bridgehead atoms. The summed E-state index contributed by atoms with van der Waals surface area (Å²) < 4.78 is 5.45. The monoisotopic (exact) mass is 235 g/mol. The highest BCUT2D eigenvalue weighted by atomic mass is 16.5. The summed E-state index contributed by atoms with van der Waals surface area (Å²) in [5, 5.41) is 0. The van der Waals surface area contributed by atoms with Crippen molar-refractivity contribution in [3.63, 3.8) is 0 Å². The van der Waals surface area contributed by atoms with Crippen LogP contribution in [0.2, 0.25) is 0 Å².